The minimum Gasteiger partial charge on any atom is -0.480 e. The van der Waals surface area contributed by atoms with Crippen molar-refractivity contribution in [3.05, 3.63) is 5.82 Å². The standard InChI is InChI=1S/C10H15N5O4/c11-10-12-8(13-14-10)9(18)15-3-1-6(2-4-15)19-5-7(16)17/h6H,1-5H2,(H,16,17)(H3,11,12,13,14). The molecule has 2 rings (SSSR count). The van der Waals surface area contributed by atoms with Gasteiger partial charge in [-0.1, -0.05) is 0 Å². The van der Waals surface area contributed by atoms with Gasteiger partial charge in [0.1, 0.15) is 6.61 Å². The van der Waals surface area contributed by atoms with Crippen LogP contribution in [0.2, 0.25) is 0 Å². The average Bonchev–Trinajstić information content (AvgIpc) is 2.83. The lowest BCUT2D eigenvalue weighted by molar-refractivity contribution is -0.145. The van der Waals surface area contributed by atoms with Crippen LogP contribution in [0.4, 0.5) is 5.95 Å². The first-order valence-electron chi connectivity index (χ1n) is 5.87. The number of nitrogens with one attached hydrogen (secondary N) is 1. The van der Waals surface area contributed by atoms with Gasteiger partial charge in [-0.05, 0) is 12.8 Å². The summed E-state index contributed by atoms with van der Waals surface area (Å²) in [5.41, 5.74) is 5.34. The summed E-state index contributed by atoms with van der Waals surface area (Å²) in [5.74, 6) is -1.11. The van der Waals surface area contributed by atoms with Crippen LogP contribution in [0, 0.1) is 0 Å². The van der Waals surface area contributed by atoms with Crippen LogP contribution in [-0.4, -0.2) is 62.9 Å². The molecular formula is C10H15N5O4. The number of nitrogens with two attached hydrogens (primary N) is 1. The summed E-state index contributed by atoms with van der Waals surface area (Å²) in [4.78, 5) is 27.8. The molecule has 1 aliphatic rings. The number of anilines is 1. The highest BCUT2D eigenvalue weighted by Crippen LogP contribution is 2.15. The maximum Gasteiger partial charge on any atom is 0.329 e. The molecule has 2 heterocycles. The number of H-pyrrole nitrogens is 1. The van der Waals surface area contributed by atoms with Gasteiger partial charge in [-0.2, -0.15) is 4.98 Å². The van der Waals surface area contributed by atoms with Gasteiger partial charge in [0.25, 0.3) is 5.91 Å². The van der Waals surface area contributed by atoms with E-state index >= 15 is 0 Å². The third-order valence-corrected chi connectivity index (χ3v) is 2.88. The first kappa shape index (κ1) is 13.3. The van der Waals surface area contributed by atoms with Crippen molar-refractivity contribution in [3.63, 3.8) is 0 Å². The lowest BCUT2D eigenvalue weighted by Crippen LogP contribution is -2.41. The Morgan fingerprint density at radius 3 is 2.68 bits per heavy atom. The van der Waals surface area contributed by atoms with Gasteiger partial charge in [-0.25, -0.2) is 4.79 Å². The highest BCUT2D eigenvalue weighted by atomic mass is 16.5. The summed E-state index contributed by atoms with van der Waals surface area (Å²) >= 11 is 0. The number of hydrogen-bond donors (Lipinski definition) is 3. The molecule has 0 aliphatic carbocycles. The molecule has 0 atom stereocenters. The van der Waals surface area contributed by atoms with Crippen molar-refractivity contribution in [2.45, 2.75) is 18.9 Å². The Hall–Kier alpha value is -2.16. The fraction of sp³-hybridized carbons (Fsp3) is 0.600. The number of aromatic nitrogens is 3. The van der Waals surface area contributed by atoms with Crippen molar-refractivity contribution in [2.24, 2.45) is 0 Å². The van der Waals surface area contributed by atoms with Gasteiger partial charge >= 0.3 is 5.97 Å². The minimum atomic E-state index is -0.990. The molecule has 1 amide bonds. The number of ether oxygens (including phenoxy) is 1. The van der Waals surface area contributed by atoms with E-state index in [4.69, 9.17) is 15.6 Å². The van der Waals surface area contributed by atoms with Crippen LogP contribution in [-0.2, 0) is 9.53 Å². The molecule has 1 fully saturated rings. The van der Waals surface area contributed by atoms with E-state index in [2.05, 4.69) is 15.2 Å². The summed E-state index contributed by atoms with van der Waals surface area (Å²) in [7, 11) is 0. The van der Waals surface area contributed by atoms with Crippen molar-refractivity contribution >= 4 is 17.8 Å². The first-order chi connectivity index (χ1) is 9.06. The minimum absolute atomic E-state index is 0.0306. The van der Waals surface area contributed by atoms with Gasteiger partial charge in [0, 0.05) is 13.1 Å². The normalized spacial score (nSPS) is 16.5. The zero-order valence-corrected chi connectivity index (χ0v) is 10.2. The summed E-state index contributed by atoms with van der Waals surface area (Å²) in [6, 6.07) is 0. The Balaban J connectivity index is 1.83. The quantitative estimate of drug-likeness (QED) is 0.644. The summed E-state index contributed by atoms with van der Waals surface area (Å²) in [5, 5.41) is 14.6. The van der Waals surface area contributed by atoms with Crippen LogP contribution in [0.25, 0.3) is 0 Å². The van der Waals surface area contributed by atoms with E-state index in [9.17, 15) is 9.59 Å². The van der Waals surface area contributed by atoms with E-state index in [0.717, 1.165) is 0 Å². The van der Waals surface area contributed by atoms with Crippen molar-refractivity contribution in [1.82, 2.24) is 20.1 Å². The molecule has 0 aromatic carbocycles. The molecule has 19 heavy (non-hydrogen) atoms. The van der Waals surface area contributed by atoms with E-state index in [1.54, 1.807) is 4.90 Å². The number of aliphatic carboxylic acids is 1. The molecule has 1 aromatic rings. The highest BCUT2D eigenvalue weighted by Gasteiger charge is 2.26. The van der Waals surface area contributed by atoms with Crippen molar-refractivity contribution in [1.29, 1.82) is 0 Å². The Bertz CT molecular complexity index is 466. The van der Waals surface area contributed by atoms with E-state index in [1.165, 1.54) is 0 Å². The van der Waals surface area contributed by atoms with Gasteiger partial charge in [-0.15, -0.1) is 5.10 Å². The first-order valence-corrected chi connectivity index (χ1v) is 5.87. The van der Waals surface area contributed by atoms with Gasteiger partial charge in [0.15, 0.2) is 0 Å². The third-order valence-electron chi connectivity index (χ3n) is 2.88. The van der Waals surface area contributed by atoms with Crippen LogP contribution in [0.15, 0.2) is 0 Å². The topological polar surface area (TPSA) is 134 Å². The number of carboxylic acids is 1. The second kappa shape index (κ2) is 5.65. The van der Waals surface area contributed by atoms with Crippen LogP contribution in [0.1, 0.15) is 23.5 Å². The SMILES string of the molecule is Nc1n[nH]c(C(=O)N2CCC(OCC(=O)O)CC2)n1. The highest BCUT2D eigenvalue weighted by molar-refractivity contribution is 5.90. The largest absolute Gasteiger partial charge is 0.480 e. The van der Waals surface area contributed by atoms with E-state index in [-0.39, 0.29) is 30.4 Å². The molecule has 9 heteroatoms. The molecule has 0 radical (unpaired) electrons. The van der Waals surface area contributed by atoms with Gasteiger partial charge in [0.2, 0.25) is 11.8 Å². The monoisotopic (exact) mass is 269 g/mol. The maximum absolute atomic E-state index is 12.0. The second-order valence-corrected chi connectivity index (χ2v) is 4.24. The molecule has 0 unspecified atom stereocenters. The van der Waals surface area contributed by atoms with Crippen LogP contribution >= 0.6 is 0 Å². The molecule has 4 N–H and O–H groups in total. The van der Waals surface area contributed by atoms with Gasteiger partial charge < -0.3 is 20.5 Å². The molecule has 104 valence electrons. The Kier molecular flexibility index (Phi) is 3.95. The van der Waals surface area contributed by atoms with Gasteiger partial charge in [-0.3, -0.25) is 9.89 Å². The summed E-state index contributed by atoms with van der Waals surface area (Å²) in [6.45, 7) is 0.671. The number of aromatic amines is 1. The molecule has 0 saturated carbocycles. The number of amides is 1. The zero-order chi connectivity index (χ0) is 13.8. The predicted molar refractivity (Wildman–Crippen MR) is 63.3 cm³/mol. The number of carbonyl (C=O) groups is 2. The van der Waals surface area contributed by atoms with E-state index in [0.29, 0.717) is 25.9 Å². The average molecular weight is 269 g/mol. The Morgan fingerprint density at radius 1 is 1.47 bits per heavy atom. The number of nitrogen functional groups attached to an aromatic ring is 1. The smallest absolute Gasteiger partial charge is 0.329 e. The summed E-state index contributed by atoms with van der Waals surface area (Å²) < 4.78 is 5.19. The number of piperidine rings is 1. The second-order valence-electron chi connectivity index (χ2n) is 4.24. The number of carboxylic acid groups (broad SMARTS) is 1. The molecule has 9 nitrogen and oxygen atoms in total. The lowest BCUT2D eigenvalue weighted by Gasteiger charge is -2.30. The number of rotatable bonds is 4. The lowest BCUT2D eigenvalue weighted by atomic mass is 10.1. The Labute approximate surface area is 108 Å². The molecule has 1 saturated heterocycles. The van der Waals surface area contributed by atoms with Crippen LogP contribution in [0.5, 0.6) is 0 Å². The van der Waals surface area contributed by atoms with E-state index in [1.807, 2.05) is 0 Å². The number of nitrogens with zero attached hydrogens (tertiary/aromatic N) is 3. The van der Waals surface area contributed by atoms with Crippen molar-refractivity contribution in [2.75, 3.05) is 25.4 Å². The van der Waals surface area contributed by atoms with Gasteiger partial charge in [0.05, 0.1) is 6.10 Å². The fourth-order valence-electron chi connectivity index (χ4n) is 1.93. The van der Waals surface area contributed by atoms with Crippen LogP contribution in [0.3, 0.4) is 0 Å². The fourth-order valence-corrected chi connectivity index (χ4v) is 1.93. The number of carbonyl (C=O) groups excluding carboxylic acids is 1. The molecule has 0 spiro atoms. The predicted octanol–water partition coefficient (Wildman–Crippen LogP) is -0.907. The number of likely N-dealkylation sites (tertiary alicyclic amines) is 1. The van der Waals surface area contributed by atoms with Crippen LogP contribution < -0.4 is 5.73 Å². The molecule has 1 aromatic heterocycles. The molecule has 0 bridgehead atoms. The zero-order valence-electron chi connectivity index (χ0n) is 10.2. The molecular weight excluding hydrogens is 254 g/mol. The van der Waals surface area contributed by atoms with Crippen molar-refractivity contribution in [3.8, 4) is 0 Å². The van der Waals surface area contributed by atoms with E-state index < -0.39 is 5.97 Å². The Morgan fingerprint density at radius 2 is 2.16 bits per heavy atom. The maximum atomic E-state index is 12.0. The summed E-state index contributed by atoms with van der Waals surface area (Å²) in [6.07, 6.45) is 1.07. The number of hydrogen-bond acceptors (Lipinski definition) is 6. The molecule has 1 aliphatic heterocycles. The third kappa shape index (κ3) is 3.41. The van der Waals surface area contributed by atoms with Crippen molar-refractivity contribution < 1.29 is 19.4 Å².